The monoisotopic (exact) mass is 409 g/mol. The van der Waals surface area contributed by atoms with Crippen LogP contribution in [-0.2, 0) is 13.1 Å². The Bertz CT molecular complexity index is 900. The van der Waals surface area contributed by atoms with Crippen LogP contribution in [0.15, 0.2) is 49.1 Å². The first kappa shape index (κ1) is 18.6. The van der Waals surface area contributed by atoms with E-state index in [9.17, 15) is 9.90 Å². The highest BCUT2D eigenvalue weighted by Crippen LogP contribution is 2.38. The molecule has 26 heavy (non-hydrogen) atoms. The van der Waals surface area contributed by atoms with Crippen LogP contribution < -0.4 is 5.32 Å². The zero-order valence-electron chi connectivity index (χ0n) is 13.4. The number of carbonyl (C=O) groups excluding carboxylic acids is 1. The fourth-order valence-corrected chi connectivity index (χ4v) is 3.11. The van der Waals surface area contributed by atoms with Crippen LogP contribution >= 0.6 is 34.8 Å². The summed E-state index contributed by atoms with van der Waals surface area (Å²) >= 11 is 17.8. The van der Waals surface area contributed by atoms with Crippen molar-refractivity contribution in [2.45, 2.75) is 13.1 Å². The quantitative estimate of drug-likeness (QED) is 0.607. The highest BCUT2D eigenvalue weighted by Gasteiger charge is 2.21. The maximum absolute atomic E-state index is 12.4. The van der Waals surface area contributed by atoms with Gasteiger partial charge in [-0.1, -0.05) is 59.1 Å². The topological polar surface area (TPSA) is 67.2 Å². The van der Waals surface area contributed by atoms with E-state index in [2.05, 4.69) is 10.3 Å². The largest absolute Gasteiger partial charge is 0.505 e. The van der Waals surface area contributed by atoms with Crippen molar-refractivity contribution < 1.29 is 9.90 Å². The number of rotatable bonds is 5. The molecule has 5 nitrogen and oxygen atoms in total. The Balaban J connectivity index is 1.67. The van der Waals surface area contributed by atoms with Crippen LogP contribution in [0.3, 0.4) is 0 Å². The van der Waals surface area contributed by atoms with Crippen LogP contribution in [0.1, 0.15) is 21.5 Å². The number of nitrogens with one attached hydrogen (secondary N) is 1. The van der Waals surface area contributed by atoms with E-state index in [0.717, 1.165) is 17.7 Å². The number of amides is 1. The van der Waals surface area contributed by atoms with Crippen LogP contribution in [0.5, 0.6) is 5.75 Å². The number of aromatic hydroxyl groups is 1. The summed E-state index contributed by atoms with van der Waals surface area (Å²) in [5, 5.41) is 12.7. The average molecular weight is 411 g/mol. The molecule has 0 atom stereocenters. The molecule has 0 aliphatic rings. The number of phenols is 1. The Hall–Kier alpha value is -2.21. The molecular formula is C18H14Cl3N3O2. The van der Waals surface area contributed by atoms with Gasteiger partial charge in [-0.15, -0.1) is 0 Å². The number of benzene rings is 2. The lowest BCUT2D eigenvalue weighted by molar-refractivity contribution is 0.0948. The minimum Gasteiger partial charge on any atom is -0.505 e. The van der Waals surface area contributed by atoms with Gasteiger partial charge in [0.1, 0.15) is 11.3 Å². The molecule has 8 heteroatoms. The maximum atomic E-state index is 12.4. The van der Waals surface area contributed by atoms with Crippen molar-refractivity contribution in [1.82, 2.24) is 14.9 Å². The van der Waals surface area contributed by atoms with E-state index in [1.165, 1.54) is 6.07 Å². The van der Waals surface area contributed by atoms with Crippen molar-refractivity contribution in [3.63, 3.8) is 0 Å². The lowest BCUT2D eigenvalue weighted by Gasteiger charge is -2.11. The molecule has 0 fully saturated rings. The Kier molecular flexibility index (Phi) is 5.71. The molecule has 0 aliphatic heterocycles. The van der Waals surface area contributed by atoms with Crippen molar-refractivity contribution in [1.29, 1.82) is 0 Å². The third-order valence-corrected chi connectivity index (χ3v) is 4.85. The summed E-state index contributed by atoms with van der Waals surface area (Å²) in [6.07, 6.45) is 5.37. The van der Waals surface area contributed by atoms with Gasteiger partial charge in [0.2, 0.25) is 0 Å². The Morgan fingerprint density at radius 3 is 2.46 bits per heavy atom. The second-order valence-corrected chi connectivity index (χ2v) is 6.80. The maximum Gasteiger partial charge on any atom is 0.256 e. The van der Waals surface area contributed by atoms with Crippen LogP contribution in [0.25, 0.3) is 0 Å². The number of hydrogen-bond acceptors (Lipinski definition) is 3. The minimum atomic E-state index is -0.556. The normalized spacial score (nSPS) is 10.7. The fraction of sp³-hybridized carbons (Fsp3) is 0.111. The molecule has 1 amide bonds. The first-order chi connectivity index (χ1) is 12.5. The van der Waals surface area contributed by atoms with Gasteiger partial charge in [-0.25, -0.2) is 4.98 Å². The Morgan fingerprint density at radius 2 is 1.81 bits per heavy atom. The molecule has 2 N–H and O–H groups in total. The lowest BCUT2D eigenvalue weighted by Crippen LogP contribution is -2.23. The number of nitrogens with zero attached hydrogens (tertiary/aromatic N) is 2. The predicted molar refractivity (Wildman–Crippen MR) is 102 cm³/mol. The molecule has 0 aliphatic carbocycles. The summed E-state index contributed by atoms with van der Waals surface area (Å²) in [6, 6.07) is 9.07. The van der Waals surface area contributed by atoms with E-state index in [-0.39, 0.29) is 27.2 Å². The van der Waals surface area contributed by atoms with Crippen LogP contribution in [0.4, 0.5) is 0 Å². The zero-order chi connectivity index (χ0) is 18.7. The van der Waals surface area contributed by atoms with E-state index in [4.69, 9.17) is 34.8 Å². The molecule has 0 spiro atoms. The van der Waals surface area contributed by atoms with Gasteiger partial charge < -0.3 is 15.0 Å². The first-order valence-corrected chi connectivity index (χ1v) is 8.77. The molecule has 2 aromatic carbocycles. The van der Waals surface area contributed by atoms with Crippen molar-refractivity contribution in [3.05, 3.63) is 80.8 Å². The third-order valence-electron chi connectivity index (χ3n) is 3.77. The predicted octanol–water partition coefficient (Wildman–Crippen LogP) is 4.53. The minimum absolute atomic E-state index is 0.0339. The van der Waals surface area contributed by atoms with Crippen LogP contribution in [0, 0.1) is 0 Å². The number of phenolic OH excluding ortho intramolecular Hbond substituents is 1. The smallest absolute Gasteiger partial charge is 0.256 e. The average Bonchev–Trinajstić information content (AvgIpc) is 3.13. The lowest BCUT2D eigenvalue weighted by atomic mass is 10.1. The van der Waals surface area contributed by atoms with Gasteiger partial charge in [0.15, 0.2) is 0 Å². The highest BCUT2D eigenvalue weighted by molar-refractivity contribution is 6.45. The van der Waals surface area contributed by atoms with E-state index in [1.807, 2.05) is 35.0 Å². The highest BCUT2D eigenvalue weighted by atomic mass is 35.5. The summed E-state index contributed by atoms with van der Waals surface area (Å²) in [4.78, 5) is 16.4. The zero-order valence-corrected chi connectivity index (χ0v) is 15.7. The summed E-state index contributed by atoms with van der Waals surface area (Å²) in [5.74, 6) is -0.950. The number of halogens is 3. The number of hydrogen-bond donors (Lipinski definition) is 2. The Labute approximate surface area is 165 Å². The summed E-state index contributed by atoms with van der Waals surface area (Å²) in [5.41, 5.74) is 1.87. The summed E-state index contributed by atoms with van der Waals surface area (Å²) in [7, 11) is 0. The van der Waals surface area contributed by atoms with Gasteiger partial charge in [0, 0.05) is 25.5 Å². The molecular weight excluding hydrogens is 397 g/mol. The fourth-order valence-electron chi connectivity index (χ4n) is 2.42. The SMILES string of the molecule is O=C(NCc1ccc(Cn2ccnc2)cc1)c1c(O)c(Cl)cc(Cl)c1Cl. The first-order valence-electron chi connectivity index (χ1n) is 7.64. The van der Waals surface area contributed by atoms with Gasteiger partial charge >= 0.3 is 0 Å². The third kappa shape index (κ3) is 4.12. The standard InChI is InChI=1S/C18H14Cl3N3O2/c19-13-7-14(20)17(25)15(16(13)21)18(26)23-8-11-1-3-12(4-2-11)9-24-6-5-22-10-24/h1-7,10,25H,8-9H2,(H,23,26). The number of carbonyl (C=O) groups is 1. The van der Waals surface area contributed by atoms with E-state index in [0.29, 0.717) is 0 Å². The number of aromatic nitrogens is 2. The van der Waals surface area contributed by atoms with Crippen LogP contribution in [0.2, 0.25) is 15.1 Å². The summed E-state index contributed by atoms with van der Waals surface area (Å²) in [6.45, 7) is 0.987. The second-order valence-electron chi connectivity index (χ2n) is 5.61. The second kappa shape index (κ2) is 7.99. The van der Waals surface area contributed by atoms with Crippen molar-refractivity contribution >= 4 is 40.7 Å². The van der Waals surface area contributed by atoms with Gasteiger partial charge in [-0.2, -0.15) is 0 Å². The van der Waals surface area contributed by atoms with Crippen LogP contribution in [-0.4, -0.2) is 20.6 Å². The van der Waals surface area contributed by atoms with E-state index in [1.54, 1.807) is 12.5 Å². The molecule has 0 unspecified atom stereocenters. The van der Waals surface area contributed by atoms with Crippen molar-refractivity contribution in [2.24, 2.45) is 0 Å². The molecule has 3 aromatic rings. The van der Waals surface area contributed by atoms with Gasteiger partial charge in [-0.05, 0) is 17.2 Å². The van der Waals surface area contributed by atoms with Crippen molar-refractivity contribution in [2.75, 3.05) is 0 Å². The van der Waals surface area contributed by atoms with Gasteiger partial charge in [0.05, 0.1) is 21.4 Å². The van der Waals surface area contributed by atoms with E-state index < -0.39 is 11.7 Å². The van der Waals surface area contributed by atoms with Gasteiger partial charge in [0.25, 0.3) is 5.91 Å². The Morgan fingerprint density at radius 1 is 1.12 bits per heavy atom. The molecule has 3 rings (SSSR count). The molecule has 0 saturated heterocycles. The molecule has 1 aromatic heterocycles. The van der Waals surface area contributed by atoms with Gasteiger partial charge in [-0.3, -0.25) is 4.79 Å². The summed E-state index contributed by atoms with van der Waals surface area (Å²) < 4.78 is 1.96. The number of imidazole rings is 1. The molecule has 0 saturated carbocycles. The molecule has 0 radical (unpaired) electrons. The van der Waals surface area contributed by atoms with Crippen molar-refractivity contribution in [3.8, 4) is 5.75 Å². The molecule has 134 valence electrons. The molecule has 1 heterocycles. The van der Waals surface area contributed by atoms with E-state index >= 15 is 0 Å². The molecule has 0 bridgehead atoms.